The monoisotopic (exact) mass is 240 g/mol. The molecule has 0 radical (unpaired) electrons. The molecule has 0 spiro atoms. The van der Waals surface area contributed by atoms with E-state index in [-0.39, 0.29) is 5.56 Å². The summed E-state index contributed by atoms with van der Waals surface area (Å²) in [7, 11) is 5.80. The van der Waals surface area contributed by atoms with Gasteiger partial charge in [0, 0.05) is 11.6 Å². The molecule has 0 saturated heterocycles. The maximum absolute atomic E-state index is 11.7. The Labute approximate surface area is 100 Å². The van der Waals surface area contributed by atoms with Crippen LogP contribution < -0.4 is 14.2 Å². The Bertz CT molecular complexity index is 425. The van der Waals surface area contributed by atoms with E-state index in [4.69, 9.17) is 18.9 Å². The molecule has 0 aromatic heterocycles. The zero-order valence-corrected chi connectivity index (χ0v) is 10.6. The fourth-order valence-electron chi connectivity index (χ4n) is 1.63. The number of hydrogen-bond acceptors (Lipinski definition) is 5. The minimum Gasteiger partial charge on any atom is -0.496 e. The maximum Gasteiger partial charge on any atom is 0.345 e. The number of rotatable bonds is 4. The molecule has 0 N–H and O–H groups in total. The number of methoxy groups -OCH3 is 4. The van der Waals surface area contributed by atoms with Gasteiger partial charge in [0.15, 0.2) is 0 Å². The molecule has 0 saturated carbocycles. The first-order valence-electron chi connectivity index (χ1n) is 4.98. The van der Waals surface area contributed by atoms with Gasteiger partial charge in [0.05, 0.1) is 28.4 Å². The van der Waals surface area contributed by atoms with Crippen molar-refractivity contribution < 1.29 is 23.7 Å². The van der Waals surface area contributed by atoms with Crippen molar-refractivity contribution >= 4 is 5.97 Å². The number of hydrogen-bond donors (Lipinski definition) is 0. The molecule has 1 rings (SSSR count). The topological polar surface area (TPSA) is 54.0 Å². The maximum atomic E-state index is 11.7. The molecule has 0 amide bonds. The Morgan fingerprint density at radius 2 is 1.59 bits per heavy atom. The largest absolute Gasteiger partial charge is 0.496 e. The van der Waals surface area contributed by atoms with Crippen molar-refractivity contribution in [1.82, 2.24) is 0 Å². The lowest BCUT2D eigenvalue weighted by atomic mass is 10.1. The van der Waals surface area contributed by atoms with Gasteiger partial charge in [-0.15, -0.1) is 0 Å². The number of esters is 1. The van der Waals surface area contributed by atoms with Crippen LogP contribution in [-0.2, 0) is 4.74 Å². The molecule has 94 valence electrons. The summed E-state index contributed by atoms with van der Waals surface area (Å²) in [5, 5.41) is 0. The summed E-state index contributed by atoms with van der Waals surface area (Å²) in [5.41, 5.74) is 0.979. The van der Waals surface area contributed by atoms with E-state index in [1.807, 2.05) is 0 Å². The quantitative estimate of drug-likeness (QED) is 0.751. The second-order valence-corrected chi connectivity index (χ2v) is 3.31. The third kappa shape index (κ3) is 2.27. The predicted octanol–water partition coefficient (Wildman–Crippen LogP) is 1.81. The normalized spacial score (nSPS) is 9.71. The molecular weight excluding hydrogens is 224 g/mol. The van der Waals surface area contributed by atoms with Crippen LogP contribution in [0, 0.1) is 6.92 Å². The third-order valence-corrected chi connectivity index (χ3v) is 2.48. The van der Waals surface area contributed by atoms with Crippen molar-refractivity contribution in [2.75, 3.05) is 28.4 Å². The van der Waals surface area contributed by atoms with Gasteiger partial charge in [0.25, 0.3) is 0 Å². The summed E-state index contributed by atoms with van der Waals surface area (Å²) >= 11 is 0. The van der Waals surface area contributed by atoms with Crippen LogP contribution >= 0.6 is 0 Å². The van der Waals surface area contributed by atoms with Crippen LogP contribution in [0.25, 0.3) is 0 Å². The second-order valence-electron chi connectivity index (χ2n) is 3.31. The molecule has 5 heteroatoms. The molecule has 0 heterocycles. The van der Waals surface area contributed by atoms with Crippen molar-refractivity contribution in [3.8, 4) is 17.2 Å². The number of ether oxygens (including phenoxy) is 4. The Hall–Kier alpha value is -1.91. The van der Waals surface area contributed by atoms with Gasteiger partial charge in [-0.25, -0.2) is 4.79 Å². The highest BCUT2D eigenvalue weighted by molar-refractivity contribution is 5.96. The zero-order valence-electron chi connectivity index (χ0n) is 10.6. The average molecular weight is 240 g/mol. The SMILES string of the molecule is COC(=O)c1c(OC)cc(OC)c(C)c1OC. The van der Waals surface area contributed by atoms with Crippen LogP contribution in [-0.4, -0.2) is 34.4 Å². The van der Waals surface area contributed by atoms with E-state index in [0.717, 1.165) is 5.56 Å². The van der Waals surface area contributed by atoms with E-state index in [1.165, 1.54) is 21.3 Å². The molecule has 0 bridgehead atoms. The summed E-state index contributed by atoms with van der Waals surface area (Å²) < 4.78 is 20.3. The van der Waals surface area contributed by atoms with E-state index in [9.17, 15) is 4.79 Å². The molecule has 0 aliphatic carbocycles. The molecule has 0 aliphatic heterocycles. The van der Waals surface area contributed by atoms with Crippen molar-refractivity contribution in [1.29, 1.82) is 0 Å². The summed E-state index contributed by atoms with van der Waals surface area (Å²) in [5.74, 6) is 0.833. The highest BCUT2D eigenvalue weighted by Crippen LogP contribution is 2.38. The second kappa shape index (κ2) is 5.43. The summed E-state index contributed by atoms with van der Waals surface area (Å²) in [6.07, 6.45) is 0. The number of carbonyl (C=O) groups is 1. The smallest absolute Gasteiger partial charge is 0.345 e. The first-order valence-corrected chi connectivity index (χ1v) is 4.98. The van der Waals surface area contributed by atoms with Crippen molar-refractivity contribution in [3.05, 3.63) is 17.2 Å². The number of benzene rings is 1. The molecule has 0 fully saturated rings. The van der Waals surface area contributed by atoms with Crippen molar-refractivity contribution in [2.45, 2.75) is 6.92 Å². The Morgan fingerprint density at radius 3 is 2.00 bits per heavy atom. The van der Waals surface area contributed by atoms with Gasteiger partial charge in [-0.05, 0) is 6.92 Å². The van der Waals surface area contributed by atoms with Crippen LogP contribution in [0.15, 0.2) is 6.07 Å². The highest BCUT2D eigenvalue weighted by atomic mass is 16.5. The van der Waals surface area contributed by atoms with Gasteiger partial charge < -0.3 is 18.9 Å². The standard InChI is InChI=1S/C12H16O5/c1-7-8(14-2)6-9(15-3)10(11(7)16-4)12(13)17-5/h6H,1-5H3. The molecule has 1 aromatic rings. The first kappa shape index (κ1) is 13.2. The summed E-state index contributed by atoms with van der Waals surface area (Å²) in [4.78, 5) is 11.7. The summed E-state index contributed by atoms with van der Waals surface area (Å²) in [6, 6.07) is 1.63. The zero-order chi connectivity index (χ0) is 13.0. The van der Waals surface area contributed by atoms with Crippen LogP contribution in [0.5, 0.6) is 17.2 Å². The number of carbonyl (C=O) groups excluding carboxylic acids is 1. The minimum atomic E-state index is -0.510. The van der Waals surface area contributed by atoms with E-state index >= 15 is 0 Å². The third-order valence-electron chi connectivity index (χ3n) is 2.48. The van der Waals surface area contributed by atoms with Gasteiger partial charge in [-0.3, -0.25) is 0 Å². The van der Waals surface area contributed by atoms with Crippen LogP contribution in [0.2, 0.25) is 0 Å². The van der Waals surface area contributed by atoms with Crippen LogP contribution in [0.4, 0.5) is 0 Å². The van der Waals surface area contributed by atoms with Crippen LogP contribution in [0.1, 0.15) is 15.9 Å². The lowest BCUT2D eigenvalue weighted by Crippen LogP contribution is -2.08. The van der Waals surface area contributed by atoms with E-state index < -0.39 is 5.97 Å². The lowest BCUT2D eigenvalue weighted by molar-refractivity contribution is 0.0593. The van der Waals surface area contributed by atoms with Gasteiger partial charge >= 0.3 is 5.97 Å². The van der Waals surface area contributed by atoms with Gasteiger partial charge in [-0.1, -0.05) is 0 Å². The van der Waals surface area contributed by atoms with Crippen molar-refractivity contribution in [2.24, 2.45) is 0 Å². The van der Waals surface area contributed by atoms with E-state index in [1.54, 1.807) is 20.1 Å². The van der Waals surface area contributed by atoms with E-state index in [0.29, 0.717) is 17.2 Å². The summed E-state index contributed by atoms with van der Waals surface area (Å²) in [6.45, 7) is 1.80. The fourth-order valence-corrected chi connectivity index (χ4v) is 1.63. The predicted molar refractivity (Wildman–Crippen MR) is 62.2 cm³/mol. The molecule has 17 heavy (non-hydrogen) atoms. The average Bonchev–Trinajstić information content (AvgIpc) is 2.37. The van der Waals surface area contributed by atoms with E-state index in [2.05, 4.69) is 0 Å². The highest BCUT2D eigenvalue weighted by Gasteiger charge is 2.23. The van der Waals surface area contributed by atoms with Gasteiger partial charge in [-0.2, -0.15) is 0 Å². The minimum absolute atomic E-state index is 0.260. The molecular formula is C12H16O5. The first-order chi connectivity index (χ1) is 8.10. The van der Waals surface area contributed by atoms with Gasteiger partial charge in [0.2, 0.25) is 0 Å². The molecule has 0 atom stereocenters. The molecule has 5 nitrogen and oxygen atoms in total. The lowest BCUT2D eigenvalue weighted by Gasteiger charge is -2.16. The molecule has 0 aliphatic rings. The van der Waals surface area contributed by atoms with Crippen molar-refractivity contribution in [3.63, 3.8) is 0 Å². The molecule has 1 aromatic carbocycles. The fraction of sp³-hybridized carbons (Fsp3) is 0.417. The Morgan fingerprint density at radius 1 is 1.00 bits per heavy atom. The molecule has 0 unspecified atom stereocenters. The van der Waals surface area contributed by atoms with Crippen LogP contribution in [0.3, 0.4) is 0 Å². The Kier molecular flexibility index (Phi) is 4.20. The Balaban J connectivity index is 3.54. The van der Waals surface area contributed by atoms with Gasteiger partial charge in [0.1, 0.15) is 22.8 Å².